The van der Waals surface area contributed by atoms with Gasteiger partial charge in [0.05, 0.1) is 12.0 Å². The van der Waals surface area contributed by atoms with Gasteiger partial charge in [0.25, 0.3) is 5.91 Å². The van der Waals surface area contributed by atoms with E-state index in [-0.39, 0.29) is 17.2 Å². The van der Waals surface area contributed by atoms with Crippen molar-refractivity contribution in [3.8, 4) is 11.5 Å². The third kappa shape index (κ3) is 5.76. The highest BCUT2D eigenvalue weighted by Gasteiger charge is 2.19. The Morgan fingerprint density at radius 2 is 2.00 bits per heavy atom. The number of benzene rings is 2. The van der Waals surface area contributed by atoms with Crippen molar-refractivity contribution < 1.29 is 33.5 Å². The Kier molecular flexibility index (Phi) is 6.85. The zero-order valence-electron chi connectivity index (χ0n) is 15.4. The lowest BCUT2D eigenvalue weighted by molar-refractivity contribution is -0.387. The van der Waals surface area contributed by atoms with Crippen LogP contribution in [0.5, 0.6) is 11.5 Å². The van der Waals surface area contributed by atoms with E-state index in [1.807, 2.05) is 0 Å². The third-order valence-electron chi connectivity index (χ3n) is 3.69. The molecule has 2 aromatic carbocycles. The zero-order chi connectivity index (χ0) is 21.6. The van der Waals surface area contributed by atoms with Gasteiger partial charge in [-0.2, -0.15) is 4.39 Å². The van der Waals surface area contributed by atoms with Crippen molar-refractivity contribution >= 4 is 29.3 Å². The monoisotopic (exact) mass is 404 g/mol. The molecular weight excluding hydrogens is 387 g/mol. The minimum atomic E-state index is -1.22. The lowest BCUT2D eigenvalue weighted by Crippen LogP contribution is -2.29. The van der Waals surface area contributed by atoms with Gasteiger partial charge in [-0.25, -0.2) is 4.79 Å². The van der Waals surface area contributed by atoms with E-state index in [1.54, 1.807) is 6.07 Å². The van der Waals surface area contributed by atoms with Crippen LogP contribution in [-0.2, 0) is 14.3 Å². The number of nitrogens with zero attached hydrogens (tertiary/aromatic N) is 1. The number of esters is 1. The predicted octanol–water partition coefficient (Wildman–Crippen LogP) is 3.03. The molecule has 1 unspecified atom stereocenters. The zero-order valence-corrected chi connectivity index (χ0v) is 15.4. The summed E-state index contributed by atoms with van der Waals surface area (Å²) in [6, 6.07) is 7.28. The summed E-state index contributed by atoms with van der Waals surface area (Å²) in [5, 5.41) is 22.6. The molecule has 0 bridgehead atoms. The van der Waals surface area contributed by atoms with Gasteiger partial charge in [-0.3, -0.25) is 14.9 Å². The van der Waals surface area contributed by atoms with Crippen LogP contribution in [0.3, 0.4) is 0 Å². The molecule has 0 aliphatic rings. The largest absolute Gasteiger partial charge is 0.504 e. The Hall–Kier alpha value is -3.95. The number of hydrogen-bond donors (Lipinski definition) is 2. The fraction of sp³-hybridized carbons (Fsp3) is 0.158. The van der Waals surface area contributed by atoms with Crippen LogP contribution in [0.15, 0.2) is 42.5 Å². The highest BCUT2D eigenvalue weighted by atomic mass is 19.1. The summed E-state index contributed by atoms with van der Waals surface area (Å²) in [5.74, 6) is -2.44. The molecule has 152 valence electrons. The van der Waals surface area contributed by atoms with Crippen molar-refractivity contribution in [3.05, 3.63) is 64.0 Å². The molecule has 0 heterocycles. The fourth-order valence-electron chi connectivity index (χ4n) is 2.20. The number of nitrogens with one attached hydrogen (secondary N) is 1. The van der Waals surface area contributed by atoms with Gasteiger partial charge in [0.1, 0.15) is 0 Å². The molecule has 0 spiro atoms. The van der Waals surface area contributed by atoms with Gasteiger partial charge in [0.2, 0.25) is 5.82 Å². The summed E-state index contributed by atoms with van der Waals surface area (Å²) in [5.41, 5.74) is -0.259. The van der Waals surface area contributed by atoms with Gasteiger partial charge in [0.15, 0.2) is 17.6 Å². The molecule has 0 aromatic heterocycles. The number of nitro groups is 1. The first-order valence-corrected chi connectivity index (χ1v) is 8.21. The Morgan fingerprint density at radius 3 is 2.66 bits per heavy atom. The van der Waals surface area contributed by atoms with E-state index in [0.29, 0.717) is 5.56 Å². The summed E-state index contributed by atoms with van der Waals surface area (Å²) in [6.07, 6.45) is 1.27. The number of rotatable bonds is 7. The van der Waals surface area contributed by atoms with Gasteiger partial charge < -0.3 is 19.9 Å². The molecule has 0 aliphatic heterocycles. The molecule has 0 fully saturated rings. The molecule has 0 saturated heterocycles. The maximum Gasteiger partial charge on any atom is 0.331 e. The van der Waals surface area contributed by atoms with Crippen LogP contribution in [0.1, 0.15) is 12.5 Å². The molecule has 1 amide bonds. The molecule has 29 heavy (non-hydrogen) atoms. The maximum atomic E-state index is 13.3. The summed E-state index contributed by atoms with van der Waals surface area (Å²) >= 11 is 0. The van der Waals surface area contributed by atoms with Gasteiger partial charge in [-0.1, -0.05) is 6.07 Å². The average Bonchev–Trinajstić information content (AvgIpc) is 2.68. The highest BCUT2D eigenvalue weighted by molar-refractivity contribution is 5.96. The molecule has 1 atom stereocenters. The molecule has 10 heteroatoms. The Balaban J connectivity index is 1.97. The van der Waals surface area contributed by atoms with Gasteiger partial charge in [-0.05, 0) is 42.8 Å². The first-order chi connectivity index (χ1) is 13.7. The van der Waals surface area contributed by atoms with Gasteiger partial charge in [-0.15, -0.1) is 0 Å². The Bertz CT molecular complexity index is 975. The number of anilines is 1. The molecule has 9 nitrogen and oxygen atoms in total. The smallest absolute Gasteiger partial charge is 0.331 e. The number of carbonyl (C=O) groups is 2. The van der Waals surface area contributed by atoms with E-state index in [1.165, 1.54) is 32.2 Å². The minimum Gasteiger partial charge on any atom is -0.504 e. The number of ether oxygens (including phenoxy) is 2. The topological polar surface area (TPSA) is 128 Å². The van der Waals surface area contributed by atoms with Crippen LogP contribution < -0.4 is 10.1 Å². The summed E-state index contributed by atoms with van der Waals surface area (Å²) < 4.78 is 23.2. The minimum absolute atomic E-state index is 0.0160. The molecule has 2 rings (SSSR count). The highest BCUT2D eigenvalue weighted by Crippen LogP contribution is 2.26. The molecule has 2 aromatic rings. The van der Waals surface area contributed by atoms with E-state index in [2.05, 4.69) is 5.32 Å². The van der Waals surface area contributed by atoms with E-state index >= 15 is 0 Å². The number of nitro benzene ring substituents is 1. The molecule has 0 saturated carbocycles. The maximum absolute atomic E-state index is 13.3. The van der Waals surface area contributed by atoms with E-state index in [4.69, 9.17) is 9.47 Å². The number of phenols is 1. The molecular formula is C19H17FN2O7. The number of carbonyl (C=O) groups excluding carboxylic acids is 2. The van der Waals surface area contributed by atoms with E-state index in [0.717, 1.165) is 24.3 Å². The standard InChI is InChI=1S/C19H17FN2O7/c1-11(19(25)21-13-5-6-14(20)15(10-13)22(26)27)29-18(24)8-4-12-3-7-16(23)17(9-12)28-2/h3-11,23H,1-2H3,(H,21,25)/b8-4+. The average molecular weight is 404 g/mol. The quantitative estimate of drug-likeness (QED) is 0.314. The van der Waals surface area contributed by atoms with Crippen molar-refractivity contribution in [1.29, 1.82) is 0 Å². The second-order valence-electron chi connectivity index (χ2n) is 5.76. The van der Waals surface area contributed by atoms with Gasteiger partial charge >= 0.3 is 11.7 Å². The first-order valence-electron chi connectivity index (χ1n) is 8.21. The summed E-state index contributed by atoms with van der Waals surface area (Å²) in [6.45, 7) is 1.31. The predicted molar refractivity (Wildman–Crippen MR) is 101 cm³/mol. The number of phenolic OH excluding ortho intramolecular Hbond substituents is 1. The number of aromatic hydroxyl groups is 1. The van der Waals surface area contributed by atoms with Crippen LogP contribution in [0.25, 0.3) is 6.08 Å². The van der Waals surface area contributed by atoms with Gasteiger partial charge in [0, 0.05) is 17.8 Å². The van der Waals surface area contributed by atoms with Crippen molar-refractivity contribution in [2.75, 3.05) is 12.4 Å². The van der Waals surface area contributed by atoms with Crippen LogP contribution in [0, 0.1) is 15.9 Å². The number of methoxy groups -OCH3 is 1. The first kappa shape index (κ1) is 21.4. The lowest BCUT2D eigenvalue weighted by atomic mass is 10.2. The summed E-state index contributed by atoms with van der Waals surface area (Å²) in [7, 11) is 1.38. The second kappa shape index (κ2) is 9.31. The lowest BCUT2D eigenvalue weighted by Gasteiger charge is -2.12. The van der Waals surface area contributed by atoms with Crippen LogP contribution >= 0.6 is 0 Å². The molecule has 0 radical (unpaired) electrons. The molecule has 2 N–H and O–H groups in total. The number of amides is 1. The number of halogens is 1. The fourth-order valence-corrected chi connectivity index (χ4v) is 2.20. The Labute approximate surface area is 164 Å². The second-order valence-corrected chi connectivity index (χ2v) is 5.76. The Morgan fingerprint density at radius 1 is 1.28 bits per heavy atom. The van der Waals surface area contributed by atoms with E-state index < -0.39 is 34.4 Å². The van der Waals surface area contributed by atoms with Crippen LogP contribution in [-0.4, -0.2) is 35.1 Å². The molecule has 0 aliphatic carbocycles. The van der Waals surface area contributed by atoms with Crippen LogP contribution in [0.4, 0.5) is 15.8 Å². The van der Waals surface area contributed by atoms with Crippen molar-refractivity contribution in [2.24, 2.45) is 0 Å². The van der Waals surface area contributed by atoms with Crippen LogP contribution in [0.2, 0.25) is 0 Å². The third-order valence-corrected chi connectivity index (χ3v) is 3.69. The van der Waals surface area contributed by atoms with Crippen molar-refractivity contribution in [2.45, 2.75) is 13.0 Å². The number of hydrogen-bond acceptors (Lipinski definition) is 7. The SMILES string of the molecule is COc1cc(/C=C/C(=O)OC(C)C(=O)Nc2ccc(F)c([N+](=O)[O-])c2)ccc1O. The normalized spacial score (nSPS) is 11.7. The van der Waals surface area contributed by atoms with Crippen molar-refractivity contribution in [1.82, 2.24) is 0 Å². The van der Waals surface area contributed by atoms with Crippen molar-refractivity contribution in [3.63, 3.8) is 0 Å². The summed E-state index contributed by atoms with van der Waals surface area (Å²) in [4.78, 5) is 33.8. The van der Waals surface area contributed by atoms with E-state index in [9.17, 15) is 29.2 Å².